The van der Waals surface area contributed by atoms with Gasteiger partial charge in [-0.1, -0.05) is 48.5 Å². The molecule has 1 N–H and O–H groups in total. The lowest BCUT2D eigenvalue weighted by Crippen LogP contribution is -2.16. The van der Waals surface area contributed by atoms with E-state index >= 15 is 0 Å². The summed E-state index contributed by atoms with van der Waals surface area (Å²) in [6.45, 7) is 0. The van der Waals surface area contributed by atoms with Crippen molar-refractivity contribution >= 4 is 21.5 Å². The third-order valence-corrected chi connectivity index (χ3v) is 4.70. The van der Waals surface area contributed by atoms with Gasteiger partial charge in [-0.3, -0.25) is 0 Å². The number of amidine groups is 1. The molecule has 0 heterocycles. The van der Waals surface area contributed by atoms with Gasteiger partial charge in [-0.15, -0.1) is 4.40 Å². The molecule has 3 aromatic carbocycles. The summed E-state index contributed by atoms with van der Waals surface area (Å²) in [6, 6.07) is 22.5. The van der Waals surface area contributed by atoms with E-state index < -0.39 is 10.0 Å². The van der Waals surface area contributed by atoms with Crippen molar-refractivity contribution in [2.75, 3.05) is 5.32 Å². The summed E-state index contributed by atoms with van der Waals surface area (Å²) in [5.41, 5.74) is 1.14. The third kappa shape index (κ3) is 4.30. The molecule has 0 aliphatic carbocycles. The van der Waals surface area contributed by atoms with Crippen LogP contribution in [0.4, 0.5) is 10.1 Å². The van der Waals surface area contributed by atoms with E-state index in [4.69, 9.17) is 0 Å². The van der Waals surface area contributed by atoms with Crippen molar-refractivity contribution in [3.63, 3.8) is 0 Å². The maximum absolute atomic E-state index is 13.1. The van der Waals surface area contributed by atoms with E-state index in [9.17, 15) is 12.8 Å². The summed E-state index contributed by atoms with van der Waals surface area (Å²) >= 11 is 0. The Balaban J connectivity index is 2.03. The smallest absolute Gasteiger partial charge is 0.284 e. The number of sulfonamides is 1. The van der Waals surface area contributed by atoms with Gasteiger partial charge in [-0.2, -0.15) is 8.42 Å². The fourth-order valence-corrected chi connectivity index (χ4v) is 3.18. The molecule has 6 heteroatoms. The number of halogens is 1. The Hall–Kier alpha value is -2.99. The molecule has 0 fully saturated rings. The van der Waals surface area contributed by atoms with Crippen molar-refractivity contribution in [2.45, 2.75) is 4.90 Å². The van der Waals surface area contributed by atoms with Gasteiger partial charge in [0.1, 0.15) is 5.82 Å². The molecule has 3 aromatic rings. The molecule has 0 amide bonds. The number of rotatable bonds is 4. The Bertz CT molecular complexity index is 971. The number of hydrogen-bond acceptors (Lipinski definition) is 2. The van der Waals surface area contributed by atoms with Gasteiger partial charge in [0.15, 0.2) is 5.84 Å². The van der Waals surface area contributed by atoms with Crippen molar-refractivity contribution in [1.29, 1.82) is 0 Å². The molecule has 0 unspecified atom stereocenters. The number of nitrogens with one attached hydrogen (secondary N) is 1. The van der Waals surface area contributed by atoms with E-state index in [0.29, 0.717) is 11.3 Å². The van der Waals surface area contributed by atoms with Crippen LogP contribution in [-0.2, 0) is 10.0 Å². The van der Waals surface area contributed by atoms with Crippen LogP contribution in [0.3, 0.4) is 0 Å². The van der Waals surface area contributed by atoms with Crippen LogP contribution >= 0.6 is 0 Å². The summed E-state index contributed by atoms with van der Waals surface area (Å²) in [5, 5.41) is 2.95. The molecule has 0 atom stereocenters. The van der Waals surface area contributed by atoms with E-state index in [1.807, 2.05) is 6.07 Å². The molecular weight excluding hydrogens is 339 g/mol. The first kappa shape index (κ1) is 16.9. The topological polar surface area (TPSA) is 58.5 Å². The number of nitrogens with zero attached hydrogens (tertiary/aromatic N) is 1. The zero-order chi connectivity index (χ0) is 17.7. The molecule has 0 bridgehead atoms. The summed E-state index contributed by atoms with van der Waals surface area (Å²) in [7, 11) is -3.88. The molecule has 0 saturated carbocycles. The van der Waals surface area contributed by atoms with Crippen LogP contribution in [0.2, 0.25) is 0 Å². The Morgan fingerprint density at radius 2 is 1.36 bits per heavy atom. The van der Waals surface area contributed by atoms with E-state index in [-0.39, 0.29) is 16.5 Å². The molecule has 0 aromatic heterocycles. The monoisotopic (exact) mass is 354 g/mol. The molecule has 25 heavy (non-hydrogen) atoms. The zero-order valence-electron chi connectivity index (χ0n) is 13.1. The number of hydrogen-bond donors (Lipinski definition) is 1. The molecule has 0 aliphatic rings. The van der Waals surface area contributed by atoms with Gasteiger partial charge in [0.25, 0.3) is 10.0 Å². The number of anilines is 1. The highest BCUT2D eigenvalue weighted by Gasteiger charge is 2.15. The first-order chi connectivity index (χ1) is 12.0. The number of benzene rings is 3. The first-order valence-corrected chi connectivity index (χ1v) is 8.97. The minimum absolute atomic E-state index is 0.101. The van der Waals surface area contributed by atoms with Gasteiger partial charge in [0, 0.05) is 11.3 Å². The minimum Gasteiger partial charge on any atom is -0.339 e. The SMILES string of the molecule is O=S(=O)(/N=C(/Nc1ccc(F)cc1)c1ccccc1)c1ccccc1. The lowest BCUT2D eigenvalue weighted by Gasteiger charge is -2.10. The van der Waals surface area contributed by atoms with Crippen molar-refractivity contribution in [2.24, 2.45) is 4.40 Å². The molecule has 0 saturated heterocycles. The van der Waals surface area contributed by atoms with E-state index in [0.717, 1.165) is 0 Å². The van der Waals surface area contributed by atoms with E-state index in [1.54, 1.807) is 42.5 Å². The molecule has 0 aliphatic heterocycles. The van der Waals surface area contributed by atoms with Crippen molar-refractivity contribution < 1.29 is 12.8 Å². The van der Waals surface area contributed by atoms with Crippen LogP contribution in [0.25, 0.3) is 0 Å². The van der Waals surface area contributed by atoms with Gasteiger partial charge in [0.2, 0.25) is 0 Å². The maximum atomic E-state index is 13.1. The van der Waals surface area contributed by atoms with E-state index in [2.05, 4.69) is 9.71 Å². The van der Waals surface area contributed by atoms with Gasteiger partial charge in [-0.25, -0.2) is 4.39 Å². The quantitative estimate of drug-likeness (QED) is 0.567. The summed E-state index contributed by atoms with van der Waals surface area (Å²) < 4.78 is 42.2. The van der Waals surface area contributed by atoms with Crippen LogP contribution < -0.4 is 5.32 Å². The van der Waals surface area contributed by atoms with Crippen LogP contribution in [0.1, 0.15) is 5.56 Å². The van der Waals surface area contributed by atoms with Crippen molar-refractivity contribution in [3.8, 4) is 0 Å². The van der Waals surface area contributed by atoms with Crippen LogP contribution in [0.5, 0.6) is 0 Å². The third-order valence-electron chi connectivity index (χ3n) is 3.41. The highest BCUT2D eigenvalue weighted by atomic mass is 32.2. The van der Waals surface area contributed by atoms with Gasteiger partial charge in [-0.05, 0) is 36.4 Å². The van der Waals surface area contributed by atoms with Gasteiger partial charge < -0.3 is 5.32 Å². The Kier molecular flexibility index (Phi) is 4.90. The Morgan fingerprint density at radius 3 is 1.96 bits per heavy atom. The second-order valence-electron chi connectivity index (χ2n) is 5.23. The largest absolute Gasteiger partial charge is 0.339 e. The van der Waals surface area contributed by atoms with Crippen LogP contribution in [0.15, 0.2) is 94.2 Å². The molecule has 0 radical (unpaired) electrons. The Morgan fingerprint density at radius 1 is 0.800 bits per heavy atom. The fourth-order valence-electron chi connectivity index (χ4n) is 2.18. The van der Waals surface area contributed by atoms with Crippen LogP contribution in [-0.4, -0.2) is 14.3 Å². The van der Waals surface area contributed by atoms with Crippen molar-refractivity contribution in [1.82, 2.24) is 0 Å². The van der Waals surface area contributed by atoms with E-state index in [1.165, 1.54) is 36.4 Å². The minimum atomic E-state index is -3.88. The fraction of sp³-hybridized carbons (Fsp3) is 0. The average Bonchev–Trinajstić information content (AvgIpc) is 2.64. The molecule has 126 valence electrons. The highest BCUT2D eigenvalue weighted by molar-refractivity contribution is 7.90. The maximum Gasteiger partial charge on any atom is 0.284 e. The molecule has 3 rings (SSSR count). The van der Waals surface area contributed by atoms with Gasteiger partial charge >= 0.3 is 0 Å². The average molecular weight is 354 g/mol. The summed E-state index contributed by atoms with van der Waals surface area (Å²) in [4.78, 5) is 0.101. The Labute approximate surface area is 145 Å². The predicted octanol–water partition coefficient (Wildman–Crippen LogP) is 4.07. The summed E-state index contributed by atoms with van der Waals surface area (Å²) in [5.74, 6) is -0.211. The van der Waals surface area contributed by atoms with Gasteiger partial charge in [0.05, 0.1) is 4.90 Å². The predicted molar refractivity (Wildman–Crippen MR) is 96.6 cm³/mol. The molecule has 4 nitrogen and oxygen atoms in total. The zero-order valence-corrected chi connectivity index (χ0v) is 13.9. The highest BCUT2D eigenvalue weighted by Crippen LogP contribution is 2.16. The van der Waals surface area contributed by atoms with Crippen molar-refractivity contribution in [3.05, 3.63) is 96.3 Å². The normalized spacial score (nSPS) is 12.0. The first-order valence-electron chi connectivity index (χ1n) is 7.53. The van der Waals surface area contributed by atoms with Crippen LogP contribution in [0, 0.1) is 5.82 Å². The lowest BCUT2D eigenvalue weighted by molar-refractivity contribution is 0.598. The molecule has 0 spiro atoms. The summed E-state index contributed by atoms with van der Waals surface area (Å²) in [6.07, 6.45) is 0. The second kappa shape index (κ2) is 7.27. The molecular formula is C19H15FN2O2S. The standard InChI is InChI=1S/C19H15FN2O2S/c20-16-11-13-17(14-12-16)21-19(15-7-3-1-4-8-15)22-25(23,24)18-9-5-2-6-10-18/h1-14H,(H,21,22). The lowest BCUT2D eigenvalue weighted by atomic mass is 10.2. The second-order valence-corrected chi connectivity index (χ2v) is 6.83.